The molecule has 118 valence electrons. The molecule has 1 aliphatic rings. The summed E-state index contributed by atoms with van der Waals surface area (Å²) in [5.41, 5.74) is 3.79. The molecule has 3 aromatic rings. The van der Waals surface area contributed by atoms with Crippen molar-refractivity contribution >= 4 is 28.1 Å². The van der Waals surface area contributed by atoms with Gasteiger partial charge in [0.2, 0.25) is 5.91 Å². The van der Waals surface area contributed by atoms with Crippen LogP contribution >= 0.6 is 11.3 Å². The third kappa shape index (κ3) is 2.91. The zero-order chi connectivity index (χ0) is 15.6. The van der Waals surface area contributed by atoms with Crippen LogP contribution in [0.25, 0.3) is 10.9 Å². The number of aryl methyl sites for hydroxylation is 1. The van der Waals surface area contributed by atoms with Gasteiger partial charge in [0.15, 0.2) is 0 Å². The molecule has 0 aliphatic carbocycles. The maximum absolute atomic E-state index is 12.5. The number of thiophene rings is 1. The van der Waals surface area contributed by atoms with E-state index in [1.54, 1.807) is 11.3 Å². The Labute approximate surface area is 139 Å². The number of amides is 1. The quantitative estimate of drug-likeness (QED) is 0.769. The molecule has 0 fully saturated rings. The molecule has 0 spiro atoms. The summed E-state index contributed by atoms with van der Waals surface area (Å²) in [6, 6.07) is 12.6. The molecule has 1 aromatic carbocycles. The van der Waals surface area contributed by atoms with Crippen molar-refractivity contribution in [2.45, 2.75) is 32.2 Å². The van der Waals surface area contributed by atoms with Gasteiger partial charge >= 0.3 is 0 Å². The number of hydrogen-bond donors (Lipinski definition) is 1. The summed E-state index contributed by atoms with van der Waals surface area (Å²) in [6.07, 6.45) is 3.53. The van der Waals surface area contributed by atoms with Gasteiger partial charge in [-0.1, -0.05) is 24.3 Å². The fourth-order valence-electron chi connectivity index (χ4n) is 3.41. The molecule has 2 aromatic heterocycles. The summed E-state index contributed by atoms with van der Waals surface area (Å²) >= 11 is 1.77. The Hall–Kier alpha value is -2.07. The van der Waals surface area contributed by atoms with Crippen molar-refractivity contribution in [3.05, 3.63) is 57.9 Å². The Balaban J connectivity index is 1.42. The average molecular weight is 324 g/mol. The van der Waals surface area contributed by atoms with Crippen molar-refractivity contribution in [3.8, 4) is 0 Å². The Bertz CT molecular complexity index is 819. The maximum atomic E-state index is 12.5. The van der Waals surface area contributed by atoms with Crippen molar-refractivity contribution in [1.29, 1.82) is 0 Å². The fourth-order valence-corrected chi connectivity index (χ4v) is 4.16. The number of rotatable bonds is 4. The van der Waals surface area contributed by atoms with Crippen molar-refractivity contribution in [2.75, 3.05) is 6.54 Å². The molecule has 1 N–H and O–H groups in total. The van der Waals surface area contributed by atoms with Crippen LogP contribution in [0.3, 0.4) is 0 Å². The standard InChI is InChI=1S/C19H20N2OS/c22-19(9-3-5-14-6-4-12-23-14)21-11-10-18-16(13-21)15-7-1-2-8-17(15)20-18/h1-2,4,6-8,12,20H,3,5,9-11,13H2. The first kappa shape index (κ1) is 14.5. The molecular weight excluding hydrogens is 304 g/mol. The smallest absolute Gasteiger partial charge is 0.222 e. The second-order valence-corrected chi connectivity index (χ2v) is 7.16. The minimum absolute atomic E-state index is 0.289. The molecular formula is C19H20N2OS. The van der Waals surface area contributed by atoms with Crippen molar-refractivity contribution < 1.29 is 4.79 Å². The SMILES string of the molecule is O=C(CCCc1cccs1)N1CCc2[nH]c3ccccc3c2C1. The number of hydrogen-bond acceptors (Lipinski definition) is 2. The van der Waals surface area contributed by atoms with Gasteiger partial charge in [-0.25, -0.2) is 0 Å². The van der Waals surface area contributed by atoms with Gasteiger partial charge in [-0.15, -0.1) is 11.3 Å². The number of fused-ring (bicyclic) bond motifs is 3. The zero-order valence-electron chi connectivity index (χ0n) is 13.0. The van der Waals surface area contributed by atoms with Crippen LogP contribution in [-0.4, -0.2) is 22.3 Å². The second kappa shape index (κ2) is 6.20. The van der Waals surface area contributed by atoms with Crippen molar-refractivity contribution in [1.82, 2.24) is 9.88 Å². The molecule has 3 nitrogen and oxygen atoms in total. The molecule has 1 amide bonds. The first-order valence-corrected chi connectivity index (χ1v) is 9.08. The Morgan fingerprint density at radius 1 is 1.22 bits per heavy atom. The highest BCUT2D eigenvalue weighted by Gasteiger charge is 2.23. The maximum Gasteiger partial charge on any atom is 0.222 e. The molecule has 0 unspecified atom stereocenters. The molecule has 3 heterocycles. The lowest BCUT2D eigenvalue weighted by Gasteiger charge is -2.27. The predicted octanol–water partition coefficient (Wildman–Crippen LogP) is 4.14. The average Bonchev–Trinajstić information content (AvgIpc) is 3.21. The minimum Gasteiger partial charge on any atom is -0.358 e. The van der Waals surface area contributed by atoms with Gasteiger partial charge in [-0.3, -0.25) is 4.79 Å². The van der Waals surface area contributed by atoms with Crippen LogP contribution in [-0.2, 0) is 24.2 Å². The lowest BCUT2D eigenvalue weighted by molar-refractivity contribution is -0.132. The van der Waals surface area contributed by atoms with E-state index >= 15 is 0 Å². The summed E-state index contributed by atoms with van der Waals surface area (Å²) < 4.78 is 0. The lowest BCUT2D eigenvalue weighted by atomic mass is 10.0. The Morgan fingerprint density at radius 2 is 2.13 bits per heavy atom. The summed E-state index contributed by atoms with van der Waals surface area (Å²) in [5, 5.41) is 3.36. The van der Waals surface area contributed by atoms with Crippen LogP contribution < -0.4 is 0 Å². The van der Waals surface area contributed by atoms with Crippen LogP contribution in [0.5, 0.6) is 0 Å². The molecule has 4 rings (SSSR count). The molecule has 0 bridgehead atoms. The number of aromatic nitrogens is 1. The van der Waals surface area contributed by atoms with Gasteiger partial charge in [0.25, 0.3) is 0 Å². The molecule has 0 atom stereocenters. The van der Waals surface area contributed by atoms with Gasteiger partial charge < -0.3 is 9.88 Å². The highest BCUT2D eigenvalue weighted by atomic mass is 32.1. The summed E-state index contributed by atoms with van der Waals surface area (Å²) in [7, 11) is 0. The van der Waals surface area contributed by atoms with Crippen LogP contribution in [0.2, 0.25) is 0 Å². The number of nitrogens with zero attached hydrogens (tertiary/aromatic N) is 1. The number of H-pyrrole nitrogens is 1. The van der Waals surface area contributed by atoms with Crippen LogP contribution in [0.4, 0.5) is 0 Å². The normalized spacial score (nSPS) is 14.2. The van der Waals surface area contributed by atoms with E-state index in [1.807, 2.05) is 4.90 Å². The number of benzene rings is 1. The highest BCUT2D eigenvalue weighted by molar-refractivity contribution is 7.09. The number of carbonyl (C=O) groups is 1. The molecule has 0 saturated carbocycles. The summed E-state index contributed by atoms with van der Waals surface area (Å²) in [5.74, 6) is 0.289. The monoisotopic (exact) mass is 324 g/mol. The fraction of sp³-hybridized carbons (Fsp3) is 0.316. The highest BCUT2D eigenvalue weighted by Crippen LogP contribution is 2.28. The first-order valence-electron chi connectivity index (χ1n) is 8.20. The van der Waals surface area contributed by atoms with Crippen molar-refractivity contribution in [3.63, 3.8) is 0 Å². The van der Waals surface area contributed by atoms with Crippen molar-refractivity contribution in [2.24, 2.45) is 0 Å². The van der Waals surface area contributed by atoms with Crippen LogP contribution in [0.15, 0.2) is 41.8 Å². The van der Waals surface area contributed by atoms with E-state index in [0.717, 1.165) is 32.4 Å². The number of aromatic amines is 1. The molecule has 0 radical (unpaired) electrons. The van der Waals surface area contributed by atoms with Gasteiger partial charge in [0.05, 0.1) is 0 Å². The van der Waals surface area contributed by atoms with Gasteiger partial charge in [0.1, 0.15) is 0 Å². The number of carbonyl (C=O) groups excluding carboxylic acids is 1. The number of para-hydroxylation sites is 1. The van der Waals surface area contributed by atoms with Gasteiger partial charge in [-0.05, 0) is 30.4 Å². The third-order valence-corrected chi connectivity index (χ3v) is 5.57. The van der Waals surface area contributed by atoms with E-state index in [1.165, 1.54) is 27.0 Å². The predicted molar refractivity (Wildman–Crippen MR) is 94.7 cm³/mol. The van der Waals surface area contributed by atoms with Crippen LogP contribution in [0.1, 0.15) is 29.0 Å². The summed E-state index contributed by atoms with van der Waals surface area (Å²) in [6.45, 7) is 1.58. The van der Waals surface area contributed by atoms with E-state index in [9.17, 15) is 4.79 Å². The number of nitrogens with one attached hydrogen (secondary N) is 1. The molecule has 0 saturated heterocycles. The Morgan fingerprint density at radius 3 is 3.00 bits per heavy atom. The minimum atomic E-state index is 0.289. The van der Waals surface area contributed by atoms with Crippen LogP contribution in [0, 0.1) is 0 Å². The third-order valence-electron chi connectivity index (χ3n) is 4.63. The first-order chi connectivity index (χ1) is 11.3. The molecule has 4 heteroatoms. The van der Waals surface area contributed by atoms with E-state index in [2.05, 4.69) is 46.8 Å². The lowest BCUT2D eigenvalue weighted by Crippen LogP contribution is -2.35. The van der Waals surface area contributed by atoms with E-state index in [4.69, 9.17) is 0 Å². The Kier molecular flexibility index (Phi) is 3.92. The van der Waals surface area contributed by atoms with E-state index in [0.29, 0.717) is 6.42 Å². The van der Waals surface area contributed by atoms with E-state index < -0.39 is 0 Å². The largest absolute Gasteiger partial charge is 0.358 e. The second-order valence-electron chi connectivity index (χ2n) is 6.13. The van der Waals surface area contributed by atoms with E-state index in [-0.39, 0.29) is 5.91 Å². The summed E-state index contributed by atoms with van der Waals surface area (Å²) in [4.78, 5) is 19.4. The molecule has 1 aliphatic heterocycles. The topological polar surface area (TPSA) is 36.1 Å². The van der Waals surface area contributed by atoms with Gasteiger partial charge in [-0.2, -0.15) is 0 Å². The molecule has 23 heavy (non-hydrogen) atoms. The zero-order valence-corrected chi connectivity index (χ0v) is 13.9. The van der Waals surface area contributed by atoms with Gasteiger partial charge in [0, 0.05) is 53.0 Å².